The summed E-state index contributed by atoms with van der Waals surface area (Å²) in [5.41, 5.74) is 0. The van der Waals surface area contributed by atoms with E-state index in [0.29, 0.717) is 26.1 Å². The summed E-state index contributed by atoms with van der Waals surface area (Å²) in [7, 11) is 0. The first-order valence-electron chi connectivity index (χ1n) is 4.10. The Kier molecular flexibility index (Phi) is 3.31. The van der Waals surface area contributed by atoms with E-state index in [1.165, 1.54) is 6.20 Å². The van der Waals surface area contributed by atoms with Crippen LogP contribution in [0.4, 0.5) is 0 Å². The highest BCUT2D eigenvalue weighted by Crippen LogP contribution is 1.96. The average molecular weight is 184 g/mol. The molecule has 0 unspecified atom stereocenters. The largest absolute Gasteiger partial charge is 0.478 e. The number of hydrogen-bond donors (Lipinski definition) is 2. The molecule has 0 aromatic heterocycles. The molecule has 0 aromatic rings. The summed E-state index contributed by atoms with van der Waals surface area (Å²) in [5, 5.41) is 11.1. The Hall–Kier alpha value is -1.52. The summed E-state index contributed by atoms with van der Waals surface area (Å²) in [6.45, 7) is 1.81. The minimum Gasteiger partial charge on any atom is -0.478 e. The van der Waals surface area contributed by atoms with Crippen LogP contribution in [0.1, 0.15) is 6.42 Å². The van der Waals surface area contributed by atoms with E-state index in [1.807, 2.05) is 4.90 Å². The van der Waals surface area contributed by atoms with Crippen LogP contribution in [0, 0.1) is 0 Å². The highest BCUT2D eigenvalue weighted by atomic mass is 16.4. The van der Waals surface area contributed by atoms with Crippen LogP contribution in [0.15, 0.2) is 12.3 Å². The predicted molar refractivity (Wildman–Crippen MR) is 46.0 cm³/mol. The van der Waals surface area contributed by atoms with Crippen LogP contribution in [0.25, 0.3) is 0 Å². The summed E-state index contributed by atoms with van der Waals surface area (Å²) in [4.78, 5) is 22.9. The van der Waals surface area contributed by atoms with Crippen molar-refractivity contribution < 1.29 is 14.7 Å². The zero-order valence-electron chi connectivity index (χ0n) is 7.19. The first-order chi connectivity index (χ1) is 6.18. The molecule has 72 valence electrons. The maximum atomic E-state index is 10.9. The van der Waals surface area contributed by atoms with Gasteiger partial charge in [0.25, 0.3) is 0 Å². The molecule has 0 bridgehead atoms. The molecule has 1 aliphatic heterocycles. The Morgan fingerprint density at radius 2 is 2.31 bits per heavy atom. The number of carbonyl (C=O) groups is 2. The molecule has 1 saturated heterocycles. The lowest BCUT2D eigenvalue weighted by atomic mass is 10.4. The van der Waals surface area contributed by atoms with Gasteiger partial charge in [0.2, 0.25) is 5.91 Å². The lowest BCUT2D eigenvalue weighted by Gasteiger charge is -2.14. The van der Waals surface area contributed by atoms with Gasteiger partial charge in [-0.25, -0.2) is 4.79 Å². The van der Waals surface area contributed by atoms with Gasteiger partial charge in [0.05, 0.1) is 0 Å². The third-order valence-corrected chi connectivity index (χ3v) is 1.78. The van der Waals surface area contributed by atoms with Gasteiger partial charge in [-0.3, -0.25) is 4.79 Å². The standard InChI is InChI=1S/C8H12N2O3/c11-7-1-4-10(6-3-9-7)5-2-8(12)13/h2,5H,1,3-4,6H2,(H,9,11)(H,12,13). The van der Waals surface area contributed by atoms with Crippen molar-refractivity contribution in [2.75, 3.05) is 19.6 Å². The van der Waals surface area contributed by atoms with E-state index in [4.69, 9.17) is 5.11 Å². The van der Waals surface area contributed by atoms with Crippen molar-refractivity contribution in [3.05, 3.63) is 12.3 Å². The number of aliphatic carboxylic acids is 1. The fraction of sp³-hybridized carbons (Fsp3) is 0.500. The molecule has 1 fully saturated rings. The lowest BCUT2D eigenvalue weighted by Crippen LogP contribution is -2.25. The highest BCUT2D eigenvalue weighted by Gasteiger charge is 2.09. The Balaban J connectivity index is 2.42. The normalized spacial score (nSPS) is 18.5. The van der Waals surface area contributed by atoms with Gasteiger partial charge >= 0.3 is 5.97 Å². The Labute approximate surface area is 76.0 Å². The molecule has 5 nitrogen and oxygen atoms in total. The molecular weight excluding hydrogens is 172 g/mol. The van der Waals surface area contributed by atoms with Gasteiger partial charge in [-0.1, -0.05) is 0 Å². The van der Waals surface area contributed by atoms with Crippen molar-refractivity contribution in [2.45, 2.75) is 6.42 Å². The third kappa shape index (κ3) is 3.59. The molecule has 13 heavy (non-hydrogen) atoms. The molecule has 0 atom stereocenters. The number of nitrogens with one attached hydrogen (secondary N) is 1. The summed E-state index contributed by atoms with van der Waals surface area (Å²) in [6, 6.07) is 0. The van der Waals surface area contributed by atoms with E-state index >= 15 is 0 Å². The average Bonchev–Trinajstić information content (AvgIpc) is 2.27. The van der Waals surface area contributed by atoms with E-state index in [-0.39, 0.29) is 5.91 Å². The molecule has 0 spiro atoms. The van der Waals surface area contributed by atoms with Gasteiger partial charge in [-0.05, 0) is 0 Å². The van der Waals surface area contributed by atoms with E-state index in [9.17, 15) is 9.59 Å². The number of nitrogens with zero attached hydrogens (tertiary/aromatic N) is 1. The SMILES string of the molecule is O=C(O)C=CN1CCNC(=O)CC1. The summed E-state index contributed by atoms with van der Waals surface area (Å²) < 4.78 is 0. The number of carbonyl (C=O) groups excluding carboxylic acids is 1. The molecule has 1 aliphatic rings. The molecule has 0 aromatic carbocycles. The van der Waals surface area contributed by atoms with E-state index in [0.717, 1.165) is 6.08 Å². The first-order valence-corrected chi connectivity index (χ1v) is 4.10. The monoisotopic (exact) mass is 184 g/mol. The highest BCUT2D eigenvalue weighted by molar-refractivity contribution is 5.79. The second kappa shape index (κ2) is 4.49. The topological polar surface area (TPSA) is 69.6 Å². The molecule has 0 aliphatic carbocycles. The quantitative estimate of drug-likeness (QED) is 0.562. The van der Waals surface area contributed by atoms with Crippen LogP contribution in [-0.2, 0) is 9.59 Å². The van der Waals surface area contributed by atoms with Crippen molar-refractivity contribution in [3.63, 3.8) is 0 Å². The van der Waals surface area contributed by atoms with Crippen LogP contribution >= 0.6 is 0 Å². The van der Waals surface area contributed by atoms with Crippen molar-refractivity contribution in [2.24, 2.45) is 0 Å². The van der Waals surface area contributed by atoms with Gasteiger partial charge in [0.1, 0.15) is 0 Å². The zero-order chi connectivity index (χ0) is 9.68. The van der Waals surface area contributed by atoms with E-state index in [2.05, 4.69) is 5.32 Å². The third-order valence-electron chi connectivity index (χ3n) is 1.78. The molecule has 0 radical (unpaired) electrons. The predicted octanol–water partition coefficient (Wildman–Crippen LogP) is -0.593. The smallest absolute Gasteiger partial charge is 0.329 e. The fourth-order valence-electron chi connectivity index (χ4n) is 1.10. The van der Waals surface area contributed by atoms with Gasteiger partial charge < -0.3 is 15.3 Å². The molecule has 0 saturated carbocycles. The maximum absolute atomic E-state index is 10.9. The Morgan fingerprint density at radius 3 is 3.00 bits per heavy atom. The number of rotatable bonds is 2. The molecule has 2 N–H and O–H groups in total. The van der Waals surface area contributed by atoms with Gasteiger partial charge in [0.15, 0.2) is 0 Å². The summed E-state index contributed by atoms with van der Waals surface area (Å²) >= 11 is 0. The van der Waals surface area contributed by atoms with Crippen molar-refractivity contribution in [1.29, 1.82) is 0 Å². The Bertz CT molecular complexity index is 238. The number of amides is 1. The van der Waals surface area contributed by atoms with E-state index in [1.54, 1.807) is 0 Å². The molecule has 5 heteroatoms. The zero-order valence-corrected chi connectivity index (χ0v) is 7.19. The molecule has 1 rings (SSSR count). The Morgan fingerprint density at radius 1 is 1.54 bits per heavy atom. The second-order valence-electron chi connectivity index (χ2n) is 2.79. The number of carboxylic acid groups (broad SMARTS) is 1. The van der Waals surface area contributed by atoms with Crippen molar-refractivity contribution in [3.8, 4) is 0 Å². The van der Waals surface area contributed by atoms with Crippen LogP contribution in [-0.4, -0.2) is 41.5 Å². The van der Waals surface area contributed by atoms with Gasteiger partial charge in [-0.2, -0.15) is 0 Å². The molecule has 1 heterocycles. The number of carboxylic acids is 1. The van der Waals surface area contributed by atoms with Crippen molar-refractivity contribution in [1.82, 2.24) is 10.2 Å². The maximum Gasteiger partial charge on any atom is 0.329 e. The van der Waals surface area contributed by atoms with Crippen LogP contribution in [0.5, 0.6) is 0 Å². The second-order valence-corrected chi connectivity index (χ2v) is 2.79. The minimum atomic E-state index is -0.969. The molecule has 1 amide bonds. The van der Waals surface area contributed by atoms with Gasteiger partial charge in [0, 0.05) is 38.3 Å². The molecular formula is C8H12N2O3. The lowest BCUT2D eigenvalue weighted by molar-refractivity contribution is -0.131. The number of hydrogen-bond acceptors (Lipinski definition) is 3. The first kappa shape index (κ1) is 9.57. The van der Waals surface area contributed by atoms with Gasteiger partial charge in [-0.15, -0.1) is 0 Å². The minimum absolute atomic E-state index is 0.0197. The van der Waals surface area contributed by atoms with Crippen LogP contribution < -0.4 is 5.32 Å². The summed E-state index contributed by atoms with van der Waals surface area (Å²) in [6.07, 6.45) is 3.00. The van der Waals surface area contributed by atoms with Crippen LogP contribution in [0.2, 0.25) is 0 Å². The van der Waals surface area contributed by atoms with Crippen molar-refractivity contribution >= 4 is 11.9 Å². The van der Waals surface area contributed by atoms with Crippen LogP contribution in [0.3, 0.4) is 0 Å². The fourth-order valence-corrected chi connectivity index (χ4v) is 1.10. The summed E-state index contributed by atoms with van der Waals surface area (Å²) in [5.74, 6) is -0.949. The van der Waals surface area contributed by atoms with E-state index < -0.39 is 5.97 Å².